The summed E-state index contributed by atoms with van der Waals surface area (Å²) in [6, 6.07) is 17.2. The van der Waals surface area contributed by atoms with Gasteiger partial charge in [0.15, 0.2) is 0 Å². The molecule has 162 valence electrons. The van der Waals surface area contributed by atoms with Crippen LogP contribution < -0.4 is 15.8 Å². The molecule has 5 heteroatoms. The number of rotatable bonds is 7. The van der Waals surface area contributed by atoms with Gasteiger partial charge in [0.25, 0.3) is 5.56 Å². The third-order valence-electron chi connectivity index (χ3n) is 6.17. The van der Waals surface area contributed by atoms with Crippen molar-refractivity contribution in [2.75, 3.05) is 24.5 Å². The fourth-order valence-corrected chi connectivity index (χ4v) is 4.32. The molecule has 0 radical (unpaired) electrons. The Balaban J connectivity index is 1.35. The van der Waals surface area contributed by atoms with Crippen LogP contribution >= 0.6 is 0 Å². The normalized spacial score (nSPS) is 16.1. The fourth-order valence-electron chi connectivity index (χ4n) is 4.32. The molecular formula is C26H30FN3O. The fraction of sp³-hybridized carbons (Fsp3) is 0.346. The Kier molecular flexibility index (Phi) is 6.52. The minimum atomic E-state index is -0.194. The number of benzene rings is 2. The highest BCUT2D eigenvalue weighted by Gasteiger charge is 2.22. The van der Waals surface area contributed by atoms with Gasteiger partial charge < -0.3 is 15.2 Å². The van der Waals surface area contributed by atoms with Crippen LogP contribution in [0.2, 0.25) is 0 Å². The molecule has 1 aromatic heterocycles. The van der Waals surface area contributed by atoms with Crippen molar-refractivity contribution in [3.8, 4) is 11.3 Å². The van der Waals surface area contributed by atoms with Crippen molar-refractivity contribution in [1.82, 2.24) is 10.3 Å². The molecule has 4 rings (SSSR count). The molecule has 2 aromatic carbocycles. The smallest absolute Gasteiger partial charge is 0.251 e. The topological polar surface area (TPSA) is 48.1 Å². The van der Waals surface area contributed by atoms with Crippen molar-refractivity contribution in [2.45, 2.75) is 33.2 Å². The lowest BCUT2D eigenvalue weighted by Crippen LogP contribution is -2.26. The van der Waals surface area contributed by atoms with Gasteiger partial charge in [-0.1, -0.05) is 31.2 Å². The number of hydrogen-bond acceptors (Lipinski definition) is 3. The summed E-state index contributed by atoms with van der Waals surface area (Å²) in [7, 11) is 0. The number of halogens is 1. The lowest BCUT2D eigenvalue weighted by atomic mass is 10.0. The molecule has 1 aliphatic rings. The molecule has 1 saturated heterocycles. The van der Waals surface area contributed by atoms with Crippen molar-refractivity contribution >= 4 is 5.69 Å². The van der Waals surface area contributed by atoms with Crippen molar-refractivity contribution in [3.05, 3.63) is 87.5 Å². The van der Waals surface area contributed by atoms with E-state index in [4.69, 9.17) is 0 Å². The van der Waals surface area contributed by atoms with Crippen molar-refractivity contribution in [3.63, 3.8) is 0 Å². The number of aromatic nitrogens is 1. The number of aromatic amines is 1. The summed E-state index contributed by atoms with van der Waals surface area (Å²) in [6.45, 7) is 7.75. The van der Waals surface area contributed by atoms with E-state index in [1.54, 1.807) is 0 Å². The first kappa shape index (κ1) is 21.3. The summed E-state index contributed by atoms with van der Waals surface area (Å²) >= 11 is 0. The number of nitrogens with one attached hydrogen (secondary N) is 2. The van der Waals surface area contributed by atoms with Crippen LogP contribution in [-0.4, -0.2) is 24.6 Å². The molecule has 1 fully saturated rings. The molecule has 0 saturated carbocycles. The molecule has 0 bridgehead atoms. The van der Waals surface area contributed by atoms with E-state index >= 15 is 0 Å². The zero-order chi connectivity index (χ0) is 21.8. The average molecular weight is 420 g/mol. The van der Waals surface area contributed by atoms with Gasteiger partial charge in [0, 0.05) is 37.4 Å². The predicted molar refractivity (Wildman–Crippen MR) is 125 cm³/mol. The van der Waals surface area contributed by atoms with E-state index < -0.39 is 0 Å². The second kappa shape index (κ2) is 9.48. The predicted octanol–water partition coefficient (Wildman–Crippen LogP) is 4.67. The Bertz CT molecular complexity index is 1070. The van der Waals surface area contributed by atoms with E-state index in [1.807, 2.05) is 25.1 Å². The quantitative estimate of drug-likeness (QED) is 0.585. The SMILES string of the molecule is CCc1cc(C)c(=O)[nH]c1-c1ccc(N2CCC(CNCc3ccc(F)cc3)C2)cc1. The molecule has 1 aliphatic heterocycles. The molecule has 4 nitrogen and oxygen atoms in total. The lowest BCUT2D eigenvalue weighted by molar-refractivity contribution is 0.516. The van der Waals surface area contributed by atoms with Gasteiger partial charge in [-0.3, -0.25) is 4.79 Å². The summed E-state index contributed by atoms with van der Waals surface area (Å²) in [5.74, 6) is 0.404. The van der Waals surface area contributed by atoms with Crippen LogP contribution in [0.5, 0.6) is 0 Å². The zero-order valence-electron chi connectivity index (χ0n) is 18.2. The van der Waals surface area contributed by atoms with Gasteiger partial charge >= 0.3 is 0 Å². The summed E-state index contributed by atoms with van der Waals surface area (Å²) in [4.78, 5) is 17.6. The number of pyridine rings is 1. The van der Waals surface area contributed by atoms with Gasteiger partial charge in [0.05, 0.1) is 5.69 Å². The van der Waals surface area contributed by atoms with Gasteiger partial charge in [0.2, 0.25) is 0 Å². The zero-order valence-corrected chi connectivity index (χ0v) is 18.2. The number of nitrogens with zero attached hydrogens (tertiary/aromatic N) is 1. The summed E-state index contributed by atoms with van der Waals surface area (Å²) in [5.41, 5.74) is 6.20. The van der Waals surface area contributed by atoms with E-state index in [1.165, 1.54) is 23.4 Å². The third-order valence-corrected chi connectivity index (χ3v) is 6.17. The highest BCUT2D eigenvalue weighted by molar-refractivity contribution is 5.66. The van der Waals surface area contributed by atoms with E-state index in [0.29, 0.717) is 5.92 Å². The average Bonchev–Trinajstić information content (AvgIpc) is 3.26. The number of anilines is 1. The van der Waals surface area contributed by atoms with Gasteiger partial charge in [-0.05, 0) is 72.7 Å². The van der Waals surface area contributed by atoms with E-state index in [2.05, 4.69) is 46.4 Å². The van der Waals surface area contributed by atoms with Crippen molar-refractivity contribution < 1.29 is 4.39 Å². The Morgan fingerprint density at radius 2 is 1.87 bits per heavy atom. The Morgan fingerprint density at radius 3 is 2.58 bits per heavy atom. The van der Waals surface area contributed by atoms with Crippen molar-refractivity contribution in [2.24, 2.45) is 5.92 Å². The largest absolute Gasteiger partial charge is 0.371 e. The van der Waals surface area contributed by atoms with E-state index in [-0.39, 0.29) is 11.4 Å². The number of H-pyrrole nitrogens is 1. The van der Waals surface area contributed by atoms with Crippen LogP contribution in [0, 0.1) is 18.7 Å². The number of hydrogen-bond donors (Lipinski definition) is 2. The monoisotopic (exact) mass is 419 g/mol. The molecule has 2 N–H and O–H groups in total. The maximum atomic E-state index is 13.0. The molecule has 0 amide bonds. The van der Waals surface area contributed by atoms with Crippen LogP contribution in [0.3, 0.4) is 0 Å². The molecular weight excluding hydrogens is 389 g/mol. The third kappa shape index (κ3) is 5.05. The van der Waals surface area contributed by atoms with Crippen LogP contribution in [-0.2, 0) is 13.0 Å². The molecule has 2 heterocycles. The number of aryl methyl sites for hydroxylation is 2. The van der Waals surface area contributed by atoms with E-state index in [9.17, 15) is 9.18 Å². The van der Waals surface area contributed by atoms with Gasteiger partial charge in [0.1, 0.15) is 5.82 Å². The van der Waals surface area contributed by atoms with Gasteiger partial charge in [-0.2, -0.15) is 0 Å². The summed E-state index contributed by atoms with van der Waals surface area (Å²) < 4.78 is 13.0. The van der Waals surface area contributed by atoms with Gasteiger partial charge in [-0.15, -0.1) is 0 Å². The Morgan fingerprint density at radius 1 is 1.13 bits per heavy atom. The first-order chi connectivity index (χ1) is 15.0. The molecule has 0 spiro atoms. The minimum Gasteiger partial charge on any atom is -0.371 e. The molecule has 1 atom stereocenters. The minimum absolute atomic E-state index is 0.0215. The standard InChI is InChI=1S/C26H30FN3O/c1-3-21-14-18(2)26(31)29-25(21)22-6-10-24(11-7-22)30-13-12-20(17-30)16-28-15-19-4-8-23(27)9-5-19/h4-11,14,20,28H,3,12-13,15-17H2,1-2H3,(H,29,31). The first-order valence-corrected chi connectivity index (χ1v) is 11.1. The molecule has 0 aliphatic carbocycles. The highest BCUT2D eigenvalue weighted by atomic mass is 19.1. The Hall–Kier alpha value is -2.92. The lowest BCUT2D eigenvalue weighted by Gasteiger charge is -2.19. The van der Waals surface area contributed by atoms with Gasteiger partial charge in [-0.25, -0.2) is 4.39 Å². The van der Waals surface area contributed by atoms with Crippen LogP contribution in [0.15, 0.2) is 59.4 Å². The second-order valence-corrected chi connectivity index (χ2v) is 8.44. The maximum absolute atomic E-state index is 13.0. The van der Waals surface area contributed by atoms with E-state index in [0.717, 1.165) is 61.4 Å². The second-order valence-electron chi connectivity index (χ2n) is 8.44. The first-order valence-electron chi connectivity index (χ1n) is 11.1. The van der Waals surface area contributed by atoms with Crippen LogP contribution in [0.25, 0.3) is 11.3 Å². The summed E-state index contributed by atoms with van der Waals surface area (Å²) in [6.07, 6.45) is 2.04. The van der Waals surface area contributed by atoms with Crippen molar-refractivity contribution in [1.29, 1.82) is 0 Å². The maximum Gasteiger partial charge on any atom is 0.251 e. The van der Waals surface area contributed by atoms with Crippen LogP contribution in [0.4, 0.5) is 10.1 Å². The molecule has 1 unspecified atom stereocenters. The molecule has 3 aromatic rings. The summed E-state index contributed by atoms with van der Waals surface area (Å²) in [5, 5.41) is 3.51. The van der Waals surface area contributed by atoms with Crippen LogP contribution in [0.1, 0.15) is 30.0 Å². The molecule has 31 heavy (non-hydrogen) atoms. The Labute approximate surface area is 183 Å². The highest BCUT2D eigenvalue weighted by Crippen LogP contribution is 2.28.